The highest BCUT2D eigenvalue weighted by Crippen LogP contribution is 2.30. The van der Waals surface area contributed by atoms with E-state index in [1.54, 1.807) is 6.92 Å². The van der Waals surface area contributed by atoms with Gasteiger partial charge in [0, 0.05) is 18.7 Å². The first-order valence-corrected chi connectivity index (χ1v) is 10.4. The van der Waals surface area contributed by atoms with Crippen LogP contribution in [-0.4, -0.2) is 41.0 Å². The molecule has 0 saturated carbocycles. The largest absolute Gasteiger partial charge is 0.392 e. The number of ketones is 1. The lowest BCUT2D eigenvalue weighted by molar-refractivity contribution is 0.0280. The van der Waals surface area contributed by atoms with Crippen LogP contribution in [0, 0.1) is 10.8 Å². The van der Waals surface area contributed by atoms with Gasteiger partial charge in [-0.05, 0) is 36.2 Å². The van der Waals surface area contributed by atoms with Crippen LogP contribution in [0.25, 0.3) is 0 Å². The molecule has 1 rings (SSSR count). The molecular formula is C24H41NO2. The molecule has 0 saturated heterocycles. The number of Topliss-reactive ketones (excluding diaryl/α,β-unsaturated/α-hetero) is 1. The van der Waals surface area contributed by atoms with E-state index in [4.69, 9.17) is 0 Å². The number of aliphatic hydroxyl groups excluding tert-OH is 1. The smallest absolute Gasteiger partial charge is 0.180 e. The molecule has 0 bridgehead atoms. The fraction of sp³-hybridized carbons (Fsp3) is 0.708. The molecule has 2 unspecified atom stereocenters. The molecule has 0 spiro atoms. The number of hydrogen-bond acceptors (Lipinski definition) is 3. The van der Waals surface area contributed by atoms with Crippen LogP contribution in [0.3, 0.4) is 0 Å². The van der Waals surface area contributed by atoms with E-state index in [1.807, 2.05) is 12.1 Å². The fourth-order valence-corrected chi connectivity index (χ4v) is 3.69. The number of nitrogens with zero attached hydrogens (tertiary/aromatic N) is 1. The van der Waals surface area contributed by atoms with Gasteiger partial charge in [0.05, 0.1) is 12.1 Å². The Morgan fingerprint density at radius 1 is 1.07 bits per heavy atom. The molecule has 0 aliphatic heterocycles. The Bertz CT molecular complexity index is 576. The fourth-order valence-electron chi connectivity index (χ4n) is 3.69. The summed E-state index contributed by atoms with van der Waals surface area (Å²) in [6, 6.07) is 7.86. The van der Waals surface area contributed by atoms with Crippen LogP contribution < -0.4 is 0 Å². The summed E-state index contributed by atoms with van der Waals surface area (Å²) in [5, 5.41) is 10.1. The molecule has 27 heavy (non-hydrogen) atoms. The van der Waals surface area contributed by atoms with Crippen LogP contribution >= 0.6 is 0 Å². The van der Waals surface area contributed by atoms with Crippen LogP contribution in [0.1, 0.15) is 84.2 Å². The number of unbranched alkanes of at least 4 members (excludes halogenated alkanes) is 1. The standard InChI is InChI=1S/C24H41NO2/c1-9-10-11-19-12-14-20(15-13-19)21(27)22(24(6,7)8)25(16-18(2)26)17-23(3,4)5/h12-15,18,22,26H,9-11,16-17H2,1-8H3. The van der Waals surface area contributed by atoms with Crippen LogP contribution in [0.5, 0.6) is 0 Å². The summed E-state index contributed by atoms with van der Waals surface area (Å²) in [5.74, 6) is 0.148. The first-order chi connectivity index (χ1) is 12.3. The van der Waals surface area contributed by atoms with Crippen molar-refractivity contribution in [1.82, 2.24) is 4.90 Å². The Morgan fingerprint density at radius 2 is 1.63 bits per heavy atom. The van der Waals surface area contributed by atoms with Gasteiger partial charge in [-0.2, -0.15) is 0 Å². The highest BCUT2D eigenvalue weighted by molar-refractivity contribution is 6.00. The van der Waals surface area contributed by atoms with Crippen molar-refractivity contribution in [3.63, 3.8) is 0 Å². The Labute approximate surface area is 167 Å². The van der Waals surface area contributed by atoms with E-state index in [0.29, 0.717) is 6.54 Å². The highest BCUT2D eigenvalue weighted by atomic mass is 16.3. The van der Waals surface area contributed by atoms with Gasteiger partial charge in [0.1, 0.15) is 0 Å². The van der Waals surface area contributed by atoms with E-state index in [0.717, 1.165) is 18.5 Å². The van der Waals surface area contributed by atoms with Crippen molar-refractivity contribution in [3.05, 3.63) is 35.4 Å². The normalized spacial score (nSPS) is 15.0. The lowest BCUT2D eigenvalue weighted by Crippen LogP contribution is -2.53. The van der Waals surface area contributed by atoms with Gasteiger partial charge in [-0.25, -0.2) is 0 Å². The molecule has 1 N–H and O–H groups in total. The third kappa shape index (κ3) is 8.15. The zero-order chi connectivity index (χ0) is 20.8. The number of hydrogen-bond donors (Lipinski definition) is 1. The second-order valence-corrected chi connectivity index (χ2v) is 10.3. The zero-order valence-corrected chi connectivity index (χ0v) is 18.8. The average molecular weight is 376 g/mol. The summed E-state index contributed by atoms with van der Waals surface area (Å²) in [6.07, 6.45) is 2.94. The minimum Gasteiger partial charge on any atom is -0.392 e. The topological polar surface area (TPSA) is 40.5 Å². The molecule has 0 amide bonds. The van der Waals surface area contributed by atoms with E-state index in [1.165, 1.54) is 18.4 Å². The van der Waals surface area contributed by atoms with Crippen molar-refractivity contribution in [2.45, 2.75) is 86.8 Å². The summed E-state index contributed by atoms with van der Waals surface area (Å²) in [6.45, 7) is 18.1. The van der Waals surface area contributed by atoms with Gasteiger partial charge in [-0.1, -0.05) is 79.2 Å². The molecule has 2 atom stereocenters. The lowest BCUT2D eigenvalue weighted by Gasteiger charge is -2.42. The van der Waals surface area contributed by atoms with E-state index in [2.05, 4.69) is 65.5 Å². The van der Waals surface area contributed by atoms with Gasteiger partial charge >= 0.3 is 0 Å². The predicted molar refractivity (Wildman–Crippen MR) is 115 cm³/mol. The van der Waals surface area contributed by atoms with Crippen molar-refractivity contribution in [3.8, 4) is 0 Å². The molecule has 3 nitrogen and oxygen atoms in total. The van der Waals surface area contributed by atoms with Gasteiger partial charge in [0.2, 0.25) is 0 Å². The van der Waals surface area contributed by atoms with Crippen molar-refractivity contribution >= 4 is 5.78 Å². The van der Waals surface area contributed by atoms with Crippen LogP contribution in [0.15, 0.2) is 24.3 Å². The molecular weight excluding hydrogens is 334 g/mol. The quantitative estimate of drug-likeness (QED) is 0.591. The van der Waals surface area contributed by atoms with Gasteiger partial charge in [-0.3, -0.25) is 9.69 Å². The van der Waals surface area contributed by atoms with Crippen LogP contribution in [0.4, 0.5) is 0 Å². The van der Waals surface area contributed by atoms with Crippen molar-refractivity contribution in [2.75, 3.05) is 13.1 Å². The number of carbonyl (C=O) groups excluding carboxylic acids is 1. The number of carbonyl (C=O) groups is 1. The maximum absolute atomic E-state index is 13.5. The second kappa shape index (κ2) is 9.84. The van der Waals surface area contributed by atoms with Gasteiger partial charge in [0.25, 0.3) is 0 Å². The van der Waals surface area contributed by atoms with E-state index in [-0.39, 0.29) is 22.7 Å². The molecule has 0 radical (unpaired) electrons. The van der Waals surface area contributed by atoms with Crippen LogP contribution in [-0.2, 0) is 6.42 Å². The Kier molecular flexibility index (Phi) is 8.69. The maximum Gasteiger partial charge on any atom is 0.180 e. The minimum absolute atomic E-state index is 0.0443. The lowest BCUT2D eigenvalue weighted by atomic mass is 9.79. The minimum atomic E-state index is -0.471. The van der Waals surface area contributed by atoms with E-state index >= 15 is 0 Å². The monoisotopic (exact) mass is 375 g/mol. The Morgan fingerprint density at radius 3 is 2.04 bits per heavy atom. The molecule has 1 aromatic carbocycles. The summed E-state index contributed by atoms with van der Waals surface area (Å²) >= 11 is 0. The number of aryl methyl sites for hydroxylation is 1. The van der Waals surface area contributed by atoms with Gasteiger partial charge in [0.15, 0.2) is 5.78 Å². The molecule has 3 heteroatoms. The molecule has 154 valence electrons. The van der Waals surface area contributed by atoms with E-state index < -0.39 is 6.10 Å². The third-order valence-electron chi connectivity index (χ3n) is 4.67. The third-order valence-corrected chi connectivity index (χ3v) is 4.67. The Balaban J connectivity index is 3.17. The molecule has 0 aromatic heterocycles. The summed E-state index contributed by atoms with van der Waals surface area (Å²) in [7, 11) is 0. The zero-order valence-electron chi connectivity index (χ0n) is 18.8. The highest BCUT2D eigenvalue weighted by Gasteiger charge is 2.38. The summed E-state index contributed by atoms with van der Waals surface area (Å²) in [5.41, 5.74) is 1.87. The predicted octanol–water partition coefficient (Wildman–Crippen LogP) is 5.36. The number of rotatable bonds is 9. The Hall–Kier alpha value is -1.19. The molecule has 0 aliphatic rings. The number of aliphatic hydroxyl groups is 1. The van der Waals surface area contributed by atoms with E-state index in [9.17, 15) is 9.90 Å². The van der Waals surface area contributed by atoms with Crippen LogP contribution in [0.2, 0.25) is 0 Å². The van der Waals surface area contributed by atoms with Crippen molar-refractivity contribution in [2.24, 2.45) is 10.8 Å². The molecule has 0 fully saturated rings. The van der Waals surface area contributed by atoms with Crippen molar-refractivity contribution < 1.29 is 9.90 Å². The van der Waals surface area contributed by atoms with Gasteiger partial charge < -0.3 is 5.11 Å². The number of benzene rings is 1. The molecule has 0 heterocycles. The summed E-state index contributed by atoms with van der Waals surface area (Å²) in [4.78, 5) is 15.7. The second-order valence-electron chi connectivity index (χ2n) is 10.3. The molecule has 1 aromatic rings. The first-order valence-electron chi connectivity index (χ1n) is 10.4. The van der Waals surface area contributed by atoms with Gasteiger partial charge in [-0.15, -0.1) is 0 Å². The summed E-state index contributed by atoms with van der Waals surface area (Å²) < 4.78 is 0. The molecule has 0 aliphatic carbocycles. The van der Waals surface area contributed by atoms with Crippen molar-refractivity contribution in [1.29, 1.82) is 0 Å². The maximum atomic E-state index is 13.5. The first kappa shape index (κ1) is 23.8. The average Bonchev–Trinajstić information content (AvgIpc) is 2.49. The SMILES string of the molecule is CCCCc1ccc(C(=O)C(N(CC(C)O)CC(C)(C)C)C(C)(C)C)cc1.